The summed E-state index contributed by atoms with van der Waals surface area (Å²) < 4.78 is 2.53. The molecule has 12 rings (SSSR count). The molecule has 1 aliphatic carbocycles. The highest BCUT2D eigenvalue weighted by Gasteiger charge is 2.38. The summed E-state index contributed by atoms with van der Waals surface area (Å²) in [4.78, 5) is 10.6. The monoisotopic (exact) mass is 783 g/mol. The predicted molar refractivity (Wildman–Crippen MR) is 258 cm³/mol. The molecule has 0 bridgehead atoms. The first kappa shape index (κ1) is 35.8. The highest BCUT2D eigenvalue weighted by Crippen LogP contribution is 2.50. The molecule has 11 aromatic rings. The van der Waals surface area contributed by atoms with E-state index in [9.17, 15) is 0 Å². The Balaban J connectivity index is 1.08. The van der Waals surface area contributed by atoms with E-state index < -0.39 is 0 Å². The van der Waals surface area contributed by atoms with E-state index in [1.54, 1.807) is 0 Å². The van der Waals surface area contributed by atoms with Crippen molar-refractivity contribution in [2.45, 2.75) is 51.4 Å². The molecule has 292 valence electrons. The number of hydrogen-bond donors (Lipinski definition) is 0. The number of nitrogens with zero attached hydrogens (tertiary/aromatic N) is 3. The molecular formula is C58H45N3. The Labute approximate surface area is 356 Å². The number of aromatic nitrogens is 3. The molecule has 0 atom stereocenters. The van der Waals surface area contributed by atoms with E-state index in [4.69, 9.17) is 9.97 Å². The maximum atomic E-state index is 5.31. The van der Waals surface area contributed by atoms with Crippen LogP contribution < -0.4 is 0 Å². The molecule has 0 saturated heterocycles. The van der Waals surface area contributed by atoms with Crippen LogP contribution in [0.2, 0.25) is 0 Å². The smallest absolute Gasteiger partial charge is 0.160 e. The number of benzene rings is 9. The summed E-state index contributed by atoms with van der Waals surface area (Å²) in [5.74, 6) is 0.706. The first-order valence-electron chi connectivity index (χ1n) is 21.6. The van der Waals surface area contributed by atoms with Gasteiger partial charge in [-0.05, 0) is 121 Å². The third kappa shape index (κ3) is 5.57. The average Bonchev–Trinajstić information content (AvgIpc) is 3.65. The molecule has 2 heterocycles. The lowest BCUT2D eigenvalue weighted by Gasteiger charge is -2.42. The fraction of sp³-hybridized carbons (Fsp3) is 0.138. The first-order valence-corrected chi connectivity index (χ1v) is 21.6. The van der Waals surface area contributed by atoms with Gasteiger partial charge in [0.25, 0.3) is 0 Å². The fourth-order valence-electron chi connectivity index (χ4n) is 10.4. The van der Waals surface area contributed by atoms with Crippen molar-refractivity contribution < 1.29 is 0 Å². The number of rotatable bonds is 4. The molecule has 0 saturated carbocycles. The van der Waals surface area contributed by atoms with Crippen molar-refractivity contribution in [3.63, 3.8) is 0 Å². The Morgan fingerprint density at radius 2 is 0.951 bits per heavy atom. The Morgan fingerprint density at radius 3 is 1.67 bits per heavy atom. The molecule has 2 aromatic heterocycles. The van der Waals surface area contributed by atoms with Crippen molar-refractivity contribution in [1.29, 1.82) is 0 Å². The minimum Gasteiger partial charge on any atom is -0.309 e. The second-order valence-corrected chi connectivity index (χ2v) is 18.4. The van der Waals surface area contributed by atoms with Gasteiger partial charge in [0.05, 0.1) is 22.4 Å². The molecular weight excluding hydrogens is 739 g/mol. The van der Waals surface area contributed by atoms with Crippen LogP contribution in [0.15, 0.2) is 176 Å². The van der Waals surface area contributed by atoms with Crippen LogP contribution in [0.3, 0.4) is 0 Å². The maximum Gasteiger partial charge on any atom is 0.160 e. The molecule has 0 unspecified atom stereocenters. The van der Waals surface area contributed by atoms with Gasteiger partial charge in [-0.25, -0.2) is 9.97 Å². The highest BCUT2D eigenvalue weighted by atomic mass is 15.0. The summed E-state index contributed by atoms with van der Waals surface area (Å²) in [6.07, 6.45) is 2.34. The Morgan fingerprint density at radius 1 is 0.410 bits per heavy atom. The molecule has 1 aliphatic rings. The summed E-state index contributed by atoms with van der Waals surface area (Å²) in [5.41, 5.74) is 11.7. The van der Waals surface area contributed by atoms with Crippen LogP contribution in [0.1, 0.15) is 51.7 Å². The zero-order valence-corrected chi connectivity index (χ0v) is 35.0. The lowest BCUT2D eigenvalue weighted by molar-refractivity contribution is 0.332. The van der Waals surface area contributed by atoms with Crippen LogP contribution in [0.25, 0.3) is 104 Å². The van der Waals surface area contributed by atoms with Crippen molar-refractivity contribution in [3.05, 3.63) is 187 Å². The van der Waals surface area contributed by atoms with Crippen molar-refractivity contribution in [3.8, 4) is 39.6 Å². The van der Waals surface area contributed by atoms with Gasteiger partial charge in [0.2, 0.25) is 0 Å². The van der Waals surface area contributed by atoms with Crippen LogP contribution >= 0.6 is 0 Å². The van der Waals surface area contributed by atoms with Gasteiger partial charge in [-0.1, -0.05) is 155 Å². The van der Waals surface area contributed by atoms with Gasteiger partial charge >= 0.3 is 0 Å². The summed E-state index contributed by atoms with van der Waals surface area (Å²) >= 11 is 0. The molecule has 0 spiro atoms. The van der Waals surface area contributed by atoms with E-state index in [0.717, 1.165) is 33.8 Å². The average molecular weight is 784 g/mol. The van der Waals surface area contributed by atoms with Crippen molar-refractivity contribution in [1.82, 2.24) is 14.5 Å². The van der Waals surface area contributed by atoms with E-state index in [1.807, 2.05) is 0 Å². The van der Waals surface area contributed by atoms with E-state index >= 15 is 0 Å². The quantitative estimate of drug-likeness (QED) is 0.166. The molecule has 0 N–H and O–H groups in total. The minimum atomic E-state index is 0.0747. The molecule has 3 nitrogen and oxygen atoms in total. The lowest BCUT2D eigenvalue weighted by atomic mass is 9.63. The van der Waals surface area contributed by atoms with Gasteiger partial charge < -0.3 is 4.57 Å². The van der Waals surface area contributed by atoms with E-state index in [0.29, 0.717) is 5.82 Å². The Hall–Kier alpha value is -7.10. The van der Waals surface area contributed by atoms with E-state index in [1.165, 1.54) is 88.9 Å². The number of fused-ring (bicyclic) bond motifs is 12. The lowest BCUT2D eigenvalue weighted by Crippen LogP contribution is -2.33. The zero-order valence-electron chi connectivity index (χ0n) is 35.0. The van der Waals surface area contributed by atoms with Crippen LogP contribution in [-0.4, -0.2) is 14.5 Å². The second kappa shape index (κ2) is 13.2. The van der Waals surface area contributed by atoms with Gasteiger partial charge in [-0.2, -0.15) is 0 Å². The normalized spacial score (nSPS) is 14.7. The largest absolute Gasteiger partial charge is 0.309 e. The van der Waals surface area contributed by atoms with Crippen LogP contribution in [0.4, 0.5) is 0 Å². The van der Waals surface area contributed by atoms with Gasteiger partial charge in [0.1, 0.15) is 0 Å². The van der Waals surface area contributed by atoms with Gasteiger partial charge in [0, 0.05) is 38.5 Å². The topological polar surface area (TPSA) is 30.7 Å². The second-order valence-electron chi connectivity index (χ2n) is 18.4. The van der Waals surface area contributed by atoms with Crippen molar-refractivity contribution in [2.75, 3.05) is 0 Å². The molecule has 0 amide bonds. The third-order valence-electron chi connectivity index (χ3n) is 13.8. The standard InChI is InChI=1S/C58H45N3/c1-57(2)30-31-58(3,4)50-34-53-48(33-49(50)57)54-45-20-12-10-18-43(45)44-19-11-13-21-46(44)55(54)61(53)41-28-26-39(27-29-41)56-59-51(38-15-6-5-7-16-38)35-52(60-56)40-25-24-37-23-22-36-14-8-9-17-42(36)47(37)32-40/h5-29,32-35H,30-31H2,1-4H3. The zero-order chi connectivity index (χ0) is 41.0. The van der Waals surface area contributed by atoms with Gasteiger partial charge in [0.15, 0.2) is 5.82 Å². The SMILES string of the molecule is CC1(C)CCC(C)(C)c2cc3c(cc21)c1c2ccccc2c2ccccc2c1n3-c1ccc(-c2nc(-c3ccccc3)cc(-c3ccc4ccc5ccccc5c4c3)n2)cc1. The predicted octanol–water partition coefficient (Wildman–Crippen LogP) is 15.5. The Bertz CT molecular complexity index is 3570. The molecule has 61 heavy (non-hydrogen) atoms. The van der Waals surface area contributed by atoms with Crippen molar-refractivity contribution >= 4 is 64.9 Å². The highest BCUT2D eigenvalue weighted by molar-refractivity contribution is 6.32. The molecule has 0 radical (unpaired) electrons. The molecule has 0 fully saturated rings. The van der Waals surface area contributed by atoms with Crippen molar-refractivity contribution in [2.24, 2.45) is 0 Å². The van der Waals surface area contributed by atoms with Gasteiger partial charge in [-0.3, -0.25) is 0 Å². The molecule has 0 aliphatic heterocycles. The summed E-state index contributed by atoms with van der Waals surface area (Å²) in [6.45, 7) is 9.72. The molecule has 9 aromatic carbocycles. The summed E-state index contributed by atoms with van der Waals surface area (Å²) in [6, 6.07) is 64.3. The Kier molecular flexibility index (Phi) is 7.75. The maximum absolute atomic E-state index is 5.31. The van der Waals surface area contributed by atoms with Crippen LogP contribution in [0.5, 0.6) is 0 Å². The summed E-state index contributed by atoms with van der Waals surface area (Å²) in [5, 5.41) is 12.7. The van der Waals surface area contributed by atoms with Crippen LogP contribution in [-0.2, 0) is 10.8 Å². The van der Waals surface area contributed by atoms with E-state index in [2.05, 4.69) is 208 Å². The fourth-order valence-corrected chi connectivity index (χ4v) is 10.4. The summed E-state index contributed by atoms with van der Waals surface area (Å²) in [7, 11) is 0. The van der Waals surface area contributed by atoms with E-state index in [-0.39, 0.29) is 10.8 Å². The molecule has 3 heteroatoms. The third-order valence-corrected chi connectivity index (χ3v) is 13.8. The first-order chi connectivity index (χ1) is 29.7. The van der Waals surface area contributed by atoms with Crippen LogP contribution in [0, 0.1) is 0 Å². The van der Waals surface area contributed by atoms with Gasteiger partial charge in [-0.15, -0.1) is 0 Å². The minimum absolute atomic E-state index is 0.0747. The number of hydrogen-bond acceptors (Lipinski definition) is 2.